The lowest BCUT2D eigenvalue weighted by atomic mass is 10.0. The fourth-order valence-electron chi connectivity index (χ4n) is 3.52. The van der Waals surface area contributed by atoms with Crippen molar-refractivity contribution >= 4 is 16.9 Å². The number of furan rings is 1. The maximum absolute atomic E-state index is 13.3. The molecule has 0 saturated carbocycles. The van der Waals surface area contributed by atoms with Crippen LogP contribution in [0, 0.1) is 6.92 Å². The van der Waals surface area contributed by atoms with Gasteiger partial charge in [-0.3, -0.25) is 9.78 Å². The van der Waals surface area contributed by atoms with Gasteiger partial charge < -0.3 is 15.1 Å². The Bertz CT molecular complexity index is 1020. The van der Waals surface area contributed by atoms with Gasteiger partial charge in [0, 0.05) is 43.1 Å². The number of hydrogen-bond acceptors (Lipinski definition) is 4. The molecule has 2 N–H and O–H groups in total. The third-order valence-electron chi connectivity index (χ3n) is 5.18. The molecule has 4 rings (SSSR count). The Balaban J connectivity index is 1.57. The summed E-state index contributed by atoms with van der Waals surface area (Å²) in [5.41, 5.74) is 9.48. The zero-order chi connectivity index (χ0) is 19.9. The number of fused-ring (bicyclic) bond motifs is 1. The highest BCUT2D eigenvalue weighted by molar-refractivity contribution is 5.94. The second-order valence-electron chi connectivity index (χ2n) is 7.20. The van der Waals surface area contributed by atoms with Gasteiger partial charge in [-0.25, -0.2) is 8.78 Å². The Kier molecular flexibility index (Phi) is 4.63. The number of likely N-dealkylation sites (tertiary alicyclic amines) is 1. The smallest absolute Gasteiger partial charge is 0.255 e. The van der Waals surface area contributed by atoms with E-state index in [0.29, 0.717) is 17.9 Å². The Morgan fingerprint density at radius 1 is 1.25 bits per heavy atom. The van der Waals surface area contributed by atoms with E-state index in [2.05, 4.69) is 4.98 Å². The first kappa shape index (κ1) is 18.6. The molecule has 3 heterocycles. The molecular weight excluding hydrogens is 364 g/mol. The molecule has 1 fully saturated rings. The summed E-state index contributed by atoms with van der Waals surface area (Å²) in [6.45, 7) is 2.43. The van der Waals surface area contributed by atoms with Gasteiger partial charge in [0.15, 0.2) is 0 Å². The van der Waals surface area contributed by atoms with Crippen LogP contribution in [0.3, 0.4) is 0 Å². The molecule has 1 amide bonds. The molecule has 0 radical (unpaired) electrons. The van der Waals surface area contributed by atoms with Gasteiger partial charge in [-0.2, -0.15) is 0 Å². The first-order valence-corrected chi connectivity index (χ1v) is 9.23. The van der Waals surface area contributed by atoms with Crippen LogP contribution in [0.15, 0.2) is 40.9 Å². The van der Waals surface area contributed by atoms with Gasteiger partial charge in [0.05, 0.1) is 17.8 Å². The highest BCUT2D eigenvalue weighted by Crippen LogP contribution is 2.30. The fraction of sp³-hybridized carbons (Fsp3) is 0.333. The number of halogens is 2. The van der Waals surface area contributed by atoms with E-state index in [1.165, 1.54) is 11.1 Å². The number of carbonyl (C=O) groups is 1. The number of benzene rings is 1. The first-order chi connectivity index (χ1) is 13.4. The van der Waals surface area contributed by atoms with Crippen LogP contribution in [-0.4, -0.2) is 34.8 Å². The van der Waals surface area contributed by atoms with Crippen LogP contribution >= 0.6 is 0 Å². The van der Waals surface area contributed by atoms with E-state index in [9.17, 15) is 13.6 Å². The summed E-state index contributed by atoms with van der Waals surface area (Å²) >= 11 is 0. The Morgan fingerprint density at radius 3 is 2.64 bits per heavy atom. The molecule has 5 nitrogen and oxygen atoms in total. The van der Waals surface area contributed by atoms with E-state index in [0.717, 1.165) is 27.8 Å². The van der Waals surface area contributed by atoms with Crippen LogP contribution < -0.4 is 5.73 Å². The Hall–Kier alpha value is -2.80. The van der Waals surface area contributed by atoms with Crippen molar-refractivity contribution < 1.29 is 18.0 Å². The molecule has 1 aliphatic rings. The standard InChI is InChI=1S/C21H21F2N3O2/c1-13-8-19-15(9-16(11-24)28-19)10-17(13)18-3-2-14(12-25-18)20(27)26-6-4-21(22,23)5-7-26/h2-3,8-10,12H,4-7,11,24H2,1H3. The van der Waals surface area contributed by atoms with Crippen molar-refractivity contribution in [3.63, 3.8) is 0 Å². The molecule has 1 saturated heterocycles. The van der Waals surface area contributed by atoms with Gasteiger partial charge in [-0.15, -0.1) is 0 Å². The molecular formula is C21H21F2N3O2. The van der Waals surface area contributed by atoms with Crippen LogP contribution in [0.5, 0.6) is 0 Å². The number of amides is 1. The number of carbonyl (C=O) groups excluding carboxylic acids is 1. The Labute approximate surface area is 161 Å². The maximum atomic E-state index is 13.3. The average molecular weight is 385 g/mol. The highest BCUT2D eigenvalue weighted by atomic mass is 19.3. The summed E-state index contributed by atoms with van der Waals surface area (Å²) in [5, 5.41) is 0.942. The molecule has 0 spiro atoms. The van der Waals surface area contributed by atoms with Crippen molar-refractivity contribution in [2.24, 2.45) is 5.73 Å². The summed E-state index contributed by atoms with van der Waals surface area (Å²) in [6.07, 6.45) is 0.923. The number of piperidine rings is 1. The van der Waals surface area contributed by atoms with E-state index in [1.807, 2.05) is 25.1 Å². The van der Waals surface area contributed by atoms with E-state index in [1.54, 1.807) is 12.1 Å². The van der Waals surface area contributed by atoms with Crippen molar-refractivity contribution in [3.8, 4) is 11.3 Å². The van der Waals surface area contributed by atoms with Crippen LogP contribution in [0.1, 0.15) is 34.5 Å². The zero-order valence-corrected chi connectivity index (χ0v) is 15.5. The minimum absolute atomic E-state index is 0.0628. The van der Waals surface area contributed by atoms with Crippen molar-refractivity contribution in [1.29, 1.82) is 0 Å². The van der Waals surface area contributed by atoms with Crippen LogP contribution in [0.4, 0.5) is 8.78 Å². The molecule has 0 atom stereocenters. The van der Waals surface area contributed by atoms with Crippen LogP contribution in [-0.2, 0) is 6.54 Å². The largest absolute Gasteiger partial charge is 0.460 e. The first-order valence-electron chi connectivity index (χ1n) is 9.23. The Morgan fingerprint density at radius 2 is 2.00 bits per heavy atom. The molecule has 0 bridgehead atoms. The quantitative estimate of drug-likeness (QED) is 0.736. The molecule has 28 heavy (non-hydrogen) atoms. The summed E-state index contributed by atoms with van der Waals surface area (Å²) in [5.74, 6) is -2.22. The lowest BCUT2D eigenvalue weighted by Crippen LogP contribution is -2.42. The van der Waals surface area contributed by atoms with Gasteiger partial charge in [-0.1, -0.05) is 0 Å². The second-order valence-corrected chi connectivity index (χ2v) is 7.20. The van der Waals surface area contributed by atoms with Crippen molar-refractivity contribution in [3.05, 3.63) is 53.4 Å². The predicted molar refractivity (Wildman–Crippen MR) is 102 cm³/mol. The van der Waals surface area contributed by atoms with Gasteiger partial charge in [-0.05, 0) is 42.8 Å². The molecule has 146 valence electrons. The summed E-state index contributed by atoms with van der Waals surface area (Å²) in [6, 6.07) is 9.32. The van der Waals surface area contributed by atoms with Gasteiger partial charge >= 0.3 is 0 Å². The maximum Gasteiger partial charge on any atom is 0.255 e. The predicted octanol–water partition coefficient (Wildman–Crippen LogP) is 4.13. The third-order valence-corrected chi connectivity index (χ3v) is 5.18. The monoisotopic (exact) mass is 385 g/mol. The topological polar surface area (TPSA) is 72.4 Å². The summed E-state index contributed by atoms with van der Waals surface area (Å²) in [4.78, 5) is 18.5. The van der Waals surface area contributed by atoms with Crippen LogP contribution in [0.2, 0.25) is 0 Å². The zero-order valence-electron chi connectivity index (χ0n) is 15.5. The molecule has 0 unspecified atom stereocenters. The number of aryl methyl sites for hydroxylation is 1. The number of pyridine rings is 1. The summed E-state index contributed by atoms with van der Waals surface area (Å²) in [7, 11) is 0. The average Bonchev–Trinajstić information content (AvgIpc) is 3.09. The second kappa shape index (κ2) is 6.98. The van der Waals surface area contributed by atoms with E-state index in [4.69, 9.17) is 10.2 Å². The number of hydrogen-bond donors (Lipinski definition) is 1. The van der Waals surface area contributed by atoms with E-state index in [-0.39, 0.29) is 31.8 Å². The lowest BCUT2D eigenvalue weighted by Gasteiger charge is -2.31. The number of nitrogens with zero attached hydrogens (tertiary/aromatic N) is 2. The van der Waals surface area contributed by atoms with E-state index >= 15 is 0 Å². The van der Waals surface area contributed by atoms with Crippen molar-refractivity contribution in [2.45, 2.75) is 32.2 Å². The summed E-state index contributed by atoms with van der Waals surface area (Å²) < 4.78 is 32.3. The molecule has 3 aromatic rings. The lowest BCUT2D eigenvalue weighted by molar-refractivity contribution is -0.0494. The van der Waals surface area contributed by atoms with Gasteiger partial charge in [0.1, 0.15) is 11.3 Å². The third kappa shape index (κ3) is 3.49. The number of rotatable bonds is 3. The number of aromatic nitrogens is 1. The van der Waals surface area contributed by atoms with E-state index < -0.39 is 5.92 Å². The molecule has 1 aromatic carbocycles. The van der Waals surface area contributed by atoms with Crippen LogP contribution in [0.25, 0.3) is 22.2 Å². The van der Waals surface area contributed by atoms with Crippen molar-refractivity contribution in [2.75, 3.05) is 13.1 Å². The SMILES string of the molecule is Cc1cc2oc(CN)cc2cc1-c1ccc(C(=O)N2CCC(F)(F)CC2)cn1. The molecule has 0 aliphatic carbocycles. The molecule has 1 aliphatic heterocycles. The fourth-order valence-corrected chi connectivity index (χ4v) is 3.52. The normalized spacial score (nSPS) is 16.5. The molecule has 2 aromatic heterocycles. The minimum Gasteiger partial charge on any atom is -0.460 e. The van der Waals surface area contributed by atoms with Gasteiger partial charge in [0.25, 0.3) is 11.8 Å². The number of alkyl halides is 2. The molecule has 7 heteroatoms. The minimum atomic E-state index is -2.67. The van der Waals surface area contributed by atoms with Crippen molar-refractivity contribution in [1.82, 2.24) is 9.88 Å². The van der Waals surface area contributed by atoms with Gasteiger partial charge in [0.2, 0.25) is 0 Å². The number of nitrogens with two attached hydrogens (primary N) is 1. The highest BCUT2D eigenvalue weighted by Gasteiger charge is 2.35.